The van der Waals surface area contributed by atoms with Gasteiger partial charge >= 0.3 is 6.03 Å². The zero-order chi connectivity index (χ0) is 43.1. The van der Waals surface area contributed by atoms with Gasteiger partial charge in [0, 0.05) is 66.8 Å². The maximum absolute atomic E-state index is 15.4. The van der Waals surface area contributed by atoms with Crippen LogP contribution in [0.4, 0.5) is 15.0 Å². The Labute approximate surface area is 356 Å². The molecule has 2 N–H and O–H groups in total. The van der Waals surface area contributed by atoms with Gasteiger partial charge in [0.1, 0.15) is 24.5 Å². The first-order valence-electron chi connectivity index (χ1n) is 20.7. The summed E-state index contributed by atoms with van der Waals surface area (Å²) in [5, 5.41) is 18.7. The molecular formula is C45H46FN11O5. The fourth-order valence-electron chi connectivity index (χ4n) is 8.02. The highest BCUT2D eigenvalue weighted by Gasteiger charge is 2.29. The number of carbonyl (C=O) groups is 3. The van der Waals surface area contributed by atoms with Crippen molar-refractivity contribution in [3.8, 4) is 28.1 Å². The first kappa shape index (κ1) is 40.4. The molecule has 2 aliphatic rings. The lowest BCUT2D eigenvalue weighted by Crippen LogP contribution is -2.49. The number of ether oxygens (including phenoxy) is 1. The fraction of sp³-hybridized carbons (Fsp3) is 0.333. The van der Waals surface area contributed by atoms with Crippen molar-refractivity contribution < 1.29 is 28.0 Å². The van der Waals surface area contributed by atoms with Gasteiger partial charge in [0.2, 0.25) is 11.8 Å². The van der Waals surface area contributed by atoms with Crippen molar-refractivity contribution in [1.82, 2.24) is 50.1 Å². The Balaban J connectivity index is 0.773. The number of nitrogens with one attached hydrogen (secondary N) is 2. The number of halogens is 1. The van der Waals surface area contributed by atoms with Crippen molar-refractivity contribution in [2.75, 3.05) is 37.7 Å². The van der Waals surface area contributed by atoms with Gasteiger partial charge in [-0.15, -0.1) is 0 Å². The van der Waals surface area contributed by atoms with Crippen molar-refractivity contribution >= 4 is 40.1 Å². The summed E-state index contributed by atoms with van der Waals surface area (Å²) < 4.78 is 30.3. The molecule has 16 nitrogen and oxygen atoms in total. The van der Waals surface area contributed by atoms with E-state index in [0.29, 0.717) is 53.1 Å². The summed E-state index contributed by atoms with van der Waals surface area (Å²) in [4.78, 5) is 49.4. The topological polar surface area (TPSA) is 178 Å². The monoisotopic (exact) mass is 839 g/mol. The number of benzene rings is 3. The number of anilines is 1. The number of fused-ring (bicyclic) bond motifs is 2. The SMILES string of the molecule is Cn1nc(N2CCC(=O)NC2=O)c2ccc(C3CCN(CCOc4ccc(-c5cc6c(-c7ccc(CNC(=O)c8noc(C(C)(C)C)n8)c(F)c7)ncnn6c5)cc4)CC3)cc21. The minimum absolute atomic E-state index is 0.0545. The van der Waals surface area contributed by atoms with Crippen LogP contribution in [0, 0.1) is 5.82 Å². The number of likely N-dealkylation sites (tertiary alicyclic amines) is 1. The first-order valence-corrected chi connectivity index (χ1v) is 20.7. The van der Waals surface area contributed by atoms with E-state index in [2.05, 4.69) is 53.0 Å². The molecule has 0 radical (unpaired) electrons. The van der Waals surface area contributed by atoms with Crippen molar-refractivity contribution in [1.29, 1.82) is 0 Å². The standard InChI is InChI=1S/C45H46FN11O5/c1-45(2,3)43-51-40(53-62-43)42(59)47-24-31-6-5-30(21-35(31)46)39-37-23-32(25-57(37)49-26-48-39)27-7-10-33(11-8-27)61-20-19-55-16-13-28(14-17-55)29-9-12-34-36(22-29)54(4)52-41(34)56-18-15-38(58)50-44(56)60/h5-12,21-23,25-26,28H,13-20,24H2,1-4H3,(H,47,59)(H,50,58,60). The van der Waals surface area contributed by atoms with E-state index in [0.717, 1.165) is 60.3 Å². The van der Waals surface area contributed by atoms with Gasteiger partial charge in [0.05, 0.1) is 16.7 Å². The number of aromatic nitrogens is 7. The van der Waals surface area contributed by atoms with E-state index in [1.807, 2.05) is 75.1 Å². The first-order chi connectivity index (χ1) is 29.9. The Morgan fingerprint density at radius 3 is 2.50 bits per heavy atom. The second-order valence-electron chi connectivity index (χ2n) is 16.8. The van der Waals surface area contributed by atoms with Crippen LogP contribution in [0.15, 0.2) is 83.8 Å². The summed E-state index contributed by atoms with van der Waals surface area (Å²) in [7, 11) is 1.88. The molecule has 4 amide bonds. The third-order valence-corrected chi connectivity index (χ3v) is 11.5. The molecule has 0 saturated carbocycles. The molecule has 0 aliphatic carbocycles. The fourth-order valence-corrected chi connectivity index (χ4v) is 8.02. The molecule has 318 valence electrons. The van der Waals surface area contributed by atoms with Crippen LogP contribution in [0.1, 0.15) is 73.6 Å². The molecule has 0 unspecified atom stereocenters. The Morgan fingerprint density at radius 2 is 1.76 bits per heavy atom. The van der Waals surface area contributed by atoms with E-state index >= 15 is 4.39 Å². The Morgan fingerprint density at radius 1 is 0.968 bits per heavy atom. The molecule has 9 rings (SSSR count). The highest BCUT2D eigenvalue weighted by molar-refractivity contribution is 6.08. The second kappa shape index (κ2) is 16.5. The molecule has 0 spiro atoms. The van der Waals surface area contributed by atoms with Crippen LogP contribution >= 0.6 is 0 Å². The Kier molecular flexibility index (Phi) is 10.7. The number of hydrogen-bond donors (Lipinski definition) is 2. The lowest BCUT2D eigenvalue weighted by molar-refractivity contribution is -0.120. The van der Waals surface area contributed by atoms with E-state index < -0.39 is 23.2 Å². The molecule has 7 aromatic rings. The molecule has 6 heterocycles. The van der Waals surface area contributed by atoms with E-state index in [4.69, 9.17) is 9.26 Å². The van der Waals surface area contributed by atoms with Crippen LogP contribution in [-0.4, -0.2) is 90.1 Å². The molecule has 2 aliphatic heterocycles. The van der Waals surface area contributed by atoms with E-state index in [1.165, 1.54) is 22.9 Å². The largest absolute Gasteiger partial charge is 0.492 e. The van der Waals surface area contributed by atoms with Crippen LogP contribution in [0.25, 0.3) is 38.8 Å². The number of amides is 4. The Hall–Kier alpha value is -7.01. The van der Waals surface area contributed by atoms with Crippen molar-refractivity contribution in [2.24, 2.45) is 7.05 Å². The maximum atomic E-state index is 15.4. The average molecular weight is 840 g/mol. The highest BCUT2D eigenvalue weighted by Crippen LogP contribution is 2.34. The summed E-state index contributed by atoms with van der Waals surface area (Å²) in [6.07, 6.45) is 5.67. The number of carbonyl (C=O) groups excluding carboxylic acids is 3. The minimum atomic E-state index is -0.555. The second-order valence-corrected chi connectivity index (χ2v) is 16.8. The number of rotatable bonds is 11. The zero-order valence-electron chi connectivity index (χ0n) is 34.9. The predicted octanol–water partition coefficient (Wildman–Crippen LogP) is 6.40. The molecule has 17 heteroatoms. The van der Waals surface area contributed by atoms with Crippen molar-refractivity contribution in [3.63, 3.8) is 0 Å². The van der Waals surface area contributed by atoms with Gasteiger partial charge in [-0.3, -0.25) is 29.4 Å². The van der Waals surface area contributed by atoms with Crippen LogP contribution in [0.5, 0.6) is 5.75 Å². The number of urea groups is 1. The van der Waals surface area contributed by atoms with E-state index in [-0.39, 0.29) is 24.7 Å². The molecule has 3 aromatic carbocycles. The Bertz CT molecular complexity index is 2820. The predicted molar refractivity (Wildman–Crippen MR) is 228 cm³/mol. The number of hydrogen-bond acceptors (Lipinski definition) is 11. The van der Waals surface area contributed by atoms with Crippen LogP contribution in [0.2, 0.25) is 0 Å². The van der Waals surface area contributed by atoms with E-state index in [1.54, 1.807) is 16.6 Å². The summed E-state index contributed by atoms with van der Waals surface area (Å²) >= 11 is 0. The van der Waals surface area contributed by atoms with Crippen molar-refractivity contribution in [3.05, 3.63) is 108 Å². The highest BCUT2D eigenvalue weighted by atomic mass is 19.1. The van der Waals surface area contributed by atoms with Gasteiger partial charge < -0.3 is 14.6 Å². The minimum Gasteiger partial charge on any atom is -0.492 e. The number of imide groups is 1. The molecule has 0 atom stereocenters. The lowest BCUT2D eigenvalue weighted by Gasteiger charge is -2.32. The molecule has 2 fully saturated rings. The quantitative estimate of drug-likeness (QED) is 0.147. The summed E-state index contributed by atoms with van der Waals surface area (Å²) in [5.74, 6) is 0.706. The molecule has 2 saturated heterocycles. The zero-order valence-corrected chi connectivity index (χ0v) is 34.9. The van der Waals surface area contributed by atoms with Gasteiger partial charge in [-0.2, -0.15) is 15.2 Å². The van der Waals surface area contributed by atoms with E-state index in [9.17, 15) is 14.4 Å². The normalized spacial score (nSPS) is 15.4. The smallest absolute Gasteiger partial charge is 0.329 e. The van der Waals surface area contributed by atoms with Gasteiger partial charge in [0.25, 0.3) is 11.7 Å². The summed E-state index contributed by atoms with van der Waals surface area (Å²) in [6, 6.07) is 20.6. The summed E-state index contributed by atoms with van der Waals surface area (Å²) in [6.45, 7) is 9.28. The molecular weight excluding hydrogens is 794 g/mol. The van der Waals surface area contributed by atoms with Gasteiger partial charge in [0.15, 0.2) is 5.82 Å². The molecule has 62 heavy (non-hydrogen) atoms. The molecule has 0 bridgehead atoms. The maximum Gasteiger partial charge on any atom is 0.329 e. The van der Waals surface area contributed by atoms with Crippen LogP contribution in [-0.2, 0) is 23.8 Å². The third kappa shape index (κ3) is 8.22. The summed E-state index contributed by atoms with van der Waals surface area (Å²) in [5.41, 5.74) is 5.88. The third-order valence-electron chi connectivity index (χ3n) is 11.5. The lowest BCUT2D eigenvalue weighted by atomic mass is 9.89. The van der Waals surface area contributed by atoms with Gasteiger partial charge in [-0.05, 0) is 79.4 Å². The number of piperidine rings is 1. The van der Waals surface area contributed by atoms with Crippen LogP contribution in [0.3, 0.4) is 0 Å². The van der Waals surface area contributed by atoms with Gasteiger partial charge in [-0.1, -0.05) is 56.3 Å². The van der Waals surface area contributed by atoms with Gasteiger partial charge in [-0.25, -0.2) is 18.7 Å². The average Bonchev–Trinajstić information content (AvgIpc) is 4.02. The van der Waals surface area contributed by atoms with Crippen molar-refractivity contribution in [2.45, 2.75) is 57.9 Å². The molecule has 4 aromatic heterocycles. The van der Waals surface area contributed by atoms with Crippen LogP contribution < -0.4 is 20.3 Å². The number of aryl methyl sites for hydroxylation is 1. The number of nitrogens with zero attached hydrogens (tertiary/aromatic N) is 9.